The number of aldehydes is 1. The standard InChI is InChI=1S/C26H39NO3/c1-15-10-20-16(2)6-7-22-25(21(20)11-15)26(22,24(27)14-28)18-5-3-4-17(12-18)23-13-19(29)8-9-30-23/h8-9,14-15,17-25,29H,2-7,10-13,27H2,1H3/t15-,17-,18-,19+,20+,21+,22+,23-,24+,25-,26+/m0/s1. The fourth-order valence-corrected chi connectivity index (χ4v) is 8.73. The minimum absolute atomic E-state index is 0.0166. The Kier molecular flexibility index (Phi) is 5.38. The van der Waals surface area contributed by atoms with Crippen molar-refractivity contribution in [1.82, 2.24) is 0 Å². The van der Waals surface area contributed by atoms with Crippen LogP contribution >= 0.6 is 0 Å². The molecule has 4 saturated carbocycles. The number of nitrogens with two attached hydrogens (primary N) is 1. The smallest absolute Gasteiger partial charge is 0.137 e. The Labute approximate surface area is 181 Å². The van der Waals surface area contributed by atoms with Crippen LogP contribution in [0, 0.1) is 46.8 Å². The van der Waals surface area contributed by atoms with E-state index >= 15 is 0 Å². The Bertz CT molecular complexity index is 719. The fraction of sp³-hybridized carbons (Fsp3) is 0.808. The number of carbonyl (C=O) groups excluding carboxylic acids is 1. The predicted octanol–water partition coefficient (Wildman–Crippen LogP) is 4.23. The highest BCUT2D eigenvalue weighted by Crippen LogP contribution is 2.75. The Balaban J connectivity index is 1.42. The largest absolute Gasteiger partial charge is 0.498 e. The molecule has 1 aliphatic heterocycles. The van der Waals surface area contributed by atoms with Gasteiger partial charge in [-0.1, -0.05) is 25.5 Å². The molecule has 0 amide bonds. The third-order valence-electron chi connectivity index (χ3n) is 9.85. The summed E-state index contributed by atoms with van der Waals surface area (Å²) in [7, 11) is 0. The zero-order valence-electron chi connectivity index (χ0n) is 18.4. The minimum atomic E-state index is -0.394. The summed E-state index contributed by atoms with van der Waals surface area (Å²) in [6, 6.07) is -0.350. The van der Waals surface area contributed by atoms with E-state index in [0.29, 0.717) is 41.9 Å². The molecular formula is C26H39NO3. The highest BCUT2D eigenvalue weighted by Gasteiger charge is 2.73. The highest BCUT2D eigenvalue weighted by atomic mass is 16.5. The zero-order chi connectivity index (χ0) is 21.0. The van der Waals surface area contributed by atoms with Crippen molar-refractivity contribution >= 4 is 6.29 Å². The summed E-state index contributed by atoms with van der Waals surface area (Å²) < 4.78 is 5.94. The molecule has 166 valence electrons. The van der Waals surface area contributed by atoms with Gasteiger partial charge in [0.05, 0.1) is 18.4 Å². The number of allylic oxidation sites excluding steroid dienone is 1. The lowest BCUT2D eigenvalue weighted by atomic mass is 9.65. The molecule has 4 nitrogen and oxygen atoms in total. The van der Waals surface area contributed by atoms with E-state index in [4.69, 9.17) is 10.5 Å². The third kappa shape index (κ3) is 3.12. The fourth-order valence-electron chi connectivity index (χ4n) is 8.73. The molecule has 0 radical (unpaired) electrons. The summed E-state index contributed by atoms with van der Waals surface area (Å²) in [4.78, 5) is 12.1. The van der Waals surface area contributed by atoms with Gasteiger partial charge in [0.2, 0.25) is 0 Å². The summed E-state index contributed by atoms with van der Waals surface area (Å²) in [5, 5.41) is 10.1. The number of hydrogen-bond acceptors (Lipinski definition) is 4. The maximum absolute atomic E-state index is 12.1. The first-order valence-electron chi connectivity index (χ1n) is 12.4. The van der Waals surface area contributed by atoms with E-state index in [2.05, 4.69) is 13.5 Å². The van der Waals surface area contributed by atoms with E-state index in [1.54, 1.807) is 12.3 Å². The molecule has 0 spiro atoms. The lowest BCUT2D eigenvalue weighted by molar-refractivity contribution is -0.111. The topological polar surface area (TPSA) is 72.6 Å². The Hall–Kier alpha value is -1.13. The summed E-state index contributed by atoms with van der Waals surface area (Å²) in [6.07, 6.45) is 14.3. The van der Waals surface area contributed by atoms with Gasteiger partial charge in [-0.05, 0) is 92.4 Å². The van der Waals surface area contributed by atoms with E-state index in [0.717, 1.165) is 37.9 Å². The van der Waals surface area contributed by atoms with Gasteiger partial charge >= 0.3 is 0 Å². The first-order valence-corrected chi connectivity index (χ1v) is 12.4. The molecule has 4 aliphatic carbocycles. The SMILES string of the molecule is C=C1CC[C@@H]2[C@H]([C@@H]3C[C@@H](C)C[C@H]13)[C@@]2([C@H]1CCC[C@H]([C@@H]2C[C@H](O)C=CO2)C1)[C@H](N)C=O. The first kappa shape index (κ1) is 20.8. The highest BCUT2D eigenvalue weighted by molar-refractivity contribution is 5.61. The molecular weight excluding hydrogens is 374 g/mol. The summed E-state index contributed by atoms with van der Waals surface area (Å²) in [5.41, 5.74) is 8.12. The lowest BCUT2D eigenvalue weighted by Gasteiger charge is -2.42. The van der Waals surface area contributed by atoms with Crippen LogP contribution in [0.15, 0.2) is 24.5 Å². The van der Waals surface area contributed by atoms with E-state index < -0.39 is 6.10 Å². The van der Waals surface area contributed by atoms with Crippen molar-refractivity contribution < 1.29 is 14.6 Å². The van der Waals surface area contributed by atoms with Crippen molar-refractivity contribution in [3.63, 3.8) is 0 Å². The number of ether oxygens (including phenoxy) is 1. The van der Waals surface area contributed by atoms with Crippen LogP contribution in [0.25, 0.3) is 0 Å². The van der Waals surface area contributed by atoms with E-state index in [9.17, 15) is 9.90 Å². The van der Waals surface area contributed by atoms with Crippen LogP contribution in [0.5, 0.6) is 0 Å². The Morgan fingerprint density at radius 3 is 2.87 bits per heavy atom. The van der Waals surface area contributed by atoms with Gasteiger partial charge in [0, 0.05) is 11.8 Å². The van der Waals surface area contributed by atoms with Crippen molar-refractivity contribution in [3.8, 4) is 0 Å². The van der Waals surface area contributed by atoms with Crippen LogP contribution < -0.4 is 5.73 Å². The summed E-state index contributed by atoms with van der Waals surface area (Å²) in [6.45, 7) is 6.85. The lowest BCUT2D eigenvalue weighted by Crippen LogP contribution is -2.45. The first-order chi connectivity index (χ1) is 14.5. The zero-order valence-corrected chi connectivity index (χ0v) is 18.4. The molecule has 0 unspecified atom stereocenters. The van der Waals surface area contributed by atoms with Gasteiger partial charge in [0.1, 0.15) is 12.4 Å². The quantitative estimate of drug-likeness (QED) is 0.534. The van der Waals surface area contributed by atoms with Crippen LogP contribution in [-0.2, 0) is 9.53 Å². The Morgan fingerprint density at radius 1 is 1.27 bits per heavy atom. The molecule has 0 bridgehead atoms. The average Bonchev–Trinajstić information content (AvgIpc) is 3.31. The Morgan fingerprint density at radius 2 is 2.10 bits per heavy atom. The van der Waals surface area contributed by atoms with Crippen molar-refractivity contribution in [2.45, 2.75) is 83.0 Å². The van der Waals surface area contributed by atoms with E-state index in [1.165, 1.54) is 31.3 Å². The van der Waals surface area contributed by atoms with Crippen LogP contribution in [0.3, 0.4) is 0 Å². The van der Waals surface area contributed by atoms with Gasteiger partial charge in [-0.3, -0.25) is 0 Å². The summed E-state index contributed by atoms with van der Waals surface area (Å²) >= 11 is 0. The average molecular weight is 414 g/mol. The molecule has 11 atom stereocenters. The number of fused-ring (bicyclic) bond motifs is 3. The number of aliphatic hydroxyl groups excluding tert-OH is 1. The molecule has 4 heteroatoms. The van der Waals surface area contributed by atoms with Crippen LogP contribution in [0.4, 0.5) is 0 Å². The van der Waals surface area contributed by atoms with Crippen molar-refractivity contribution in [3.05, 3.63) is 24.5 Å². The van der Waals surface area contributed by atoms with Gasteiger partial charge in [0.15, 0.2) is 0 Å². The number of rotatable bonds is 4. The maximum atomic E-state index is 12.1. The van der Waals surface area contributed by atoms with Crippen molar-refractivity contribution in [2.24, 2.45) is 52.6 Å². The molecule has 4 fully saturated rings. The second-order valence-corrected chi connectivity index (χ2v) is 11.3. The maximum Gasteiger partial charge on any atom is 0.137 e. The van der Waals surface area contributed by atoms with Gasteiger partial charge in [-0.15, -0.1) is 0 Å². The second kappa shape index (κ2) is 7.78. The van der Waals surface area contributed by atoms with Crippen molar-refractivity contribution in [2.75, 3.05) is 0 Å². The normalized spacial score (nSPS) is 51.3. The number of aliphatic hydroxyl groups is 1. The van der Waals surface area contributed by atoms with E-state index in [-0.39, 0.29) is 17.6 Å². The summed E-state index contributed by atoms with van der Waals surface area (Å²) in [5.74, 6) is 4.19. The third-order valence-corrected chi connectivity index (χ3v) is 9.85. The van der Waals surface area contributed by atoms with Gasteiger partial charge < -0.3 is 20.4 Å². The number of carbonyl (C=O) groups is 1. The molecule has 0 aromatic heterocycles. The van der Waals surface area contributed by atoms with E-state index in [1.807, 2.05) is 0 Å². The monoisotopic (exact) mass is 413 g/mol. The predicted molar refractivity (Wildman–Crippen MR) is 117 cm³/mol. The molecule has 0 saturated heterocycles. The molecule has 0 aromatic carbocycles. The molecule has 5 rings (SSSR count). The molecule has 5 aliphatic rings. The van der Waals surface area contributed by atoms with Gasteiger partial charge in [-0.2, -0.15) is 0 Å². The number of hydrogen-bond donors (Lipinski definition) is 2. The van der Waals surface area contributed by atoms with Crippen LogP contribution in [-0.4, -0.2) is 29.6 Å². The second-order valence-electron chi connectivity index (χ2n) is 11.3. The minimum Gasteiger partial charge on any atom is -0.498 e. The molecule has 3 N–H and O–H groups in total. The van der Waals surface area contributed by atoms with Crippen molar-refractivity contribution in [1.29, 1.82) is 0 Å². The van der Waals surface area contributed by atoms with Gasteiger partial charge in [0.25, 0.3) is 0 Å². The molecule has 1 heterocycles. The molecule has 30 heavy (non-hydrogen) atoms. The van der Waals surface area contributed by atoms with Gasteiger partial charge in [-0.25, -0.2) is 0 Å². The molecule has 0 aromatic rings. The van der Waals surface area contributed by atoms with Crippen LogP contribution in [0.1, 0.15) is 64.7 Å². The van der Waals surface area contributed by atoms with Crippen LogP contribution in [0.2, 0.25) is 0 Å².